The van der Waals surface area contributed by atoms with Gasteiger partial charge in [0.05, 0.1) is 17.2 Å². The fourth-order valence-electron chi connectivity index (χ4n) is 1.44. The van der Waals surface area contributed by atoms with Gasteiger partial charge in [-0.15, -0.1) is 11.3 Å². The summed E-state index contributed by atoms with van der Waals surface area (Å²) >= 11 is 7.21. The minimum absolute atomic E-state index is 0.548. The molecule has 1 N–H and O–H groups in total. The van der Waals surface area contributed by atoms with Crippen LogP contribution in [-0.2, 0) is 4.74 Å². The first-order valence-electron chi connectivity index (χ1n) is 4.51. The molecule has 14 heavy (non-hydrogen) atoms. The maximum Gasteiger partial charge on any atom is 0.112 e. The van der Waals surface area contributed by atoms with Gasteiger partial charge in [-0.25, -0.2) is 0 Å². The second-order valence-corrected chi connectivity index (χ2v) is 4.96. The summed E-state index contributed by atoms with van der Waals surface area (Å²) in [7, 11) is 0. The van der Waals surface area contributed by atoms with E-state index in [9.17, 15) is 5.11 Å². The lowest BCUT2D eigenvalue weighted by Crippen LogP contribution is -2.06. The van der Waals surface area contributed by atoms with E-state index < -0.39 is 6.10 Å². The van der Waals surface area contributed by atoms with Crippen LogP contribution in [0.1, 0.15) is 23.8 Å². The molecule has 2 nitrogen and oxygen atoms in total. The molecule has 2 heterocycles. The molecule has 0 fully saturated rings. The molecule has 0 aliphatic carbocycles. The van der Waals surface area contributed by atoms with Gasteiger partial charge in [-0.1, -0.05) is 11.6 Å². The third kappa shape index (κ3) is 2.11. The van der Waals surface area contributed by atoms with Crippen LogP contribution >= 0.6 is 22.9 Å². The van der Waals surface area contributed by atoms with Crippen molar-refractivity contribution >= 4 is 22.9 Å². The van der Waals surface area contributed by atoms with Gasteiger partial charge >= 0.3 is 0 Å². The number of ether oxygens (including phenoxy) is 1. The van der Waals surface area contributed by atoms with E-state index in [1.54, 1.807) is 12.3 Å². The Kier molecular flexibility index (Phi) is 3.11. The third-order valence-corrected chi connectivity index (χ3v) is 3.46. The van der Waals surface area contributed by atoms with Gasteiger partial charge in [-0.3, -0.25) is 0 Å². The minimum atomic E-state index is -0.548. The van der Waals surface area contributed by atoms with Crippen molar-refractivity contribution in [3.05, 3.63) is 33.2 Å². The SMILES string of the molecule is OC(C1=COCCC1)c1ccc(Cl)s1. The van der Waals surface area contributed by atoms with Crippen molar-refractivity contribution in [1.29, 1.82) is 0 Å². The van der Waals surface area contributed by atoms with E-state index in [0.717, 1.165) is 29.9 Å². The van der Waals surface area contributed by atoms with Crippen LogP contribution in [0, 0.1) is 0 Å². The van der Waals surface area contributed by atoms with E-state index in [4.69, 9.17) is 16.3 Å². The van der Waals surface area contributed by atoms with E-state index in [-0.39, 0.29) is 0 Å². The number of aliphatic hydroxyl groups is 1. The van der Waals surface area contributed by atoms with Crippen LogP contribution in [0.25, 0.3) is 0 Å². The molecule has 1 aromatic heterocycles. The maximum absolute atomic E-state index is 9.96. The highest BCUT2D eigenvalue weighted by molar-refractivity contribution is 7.16. The molecule has 0 radical (unpaired) electrons. The highest BCUT2D eigenvalue weighted by atomic mass is 35.5. The van der Waals surface area contributed by atoms with Crippen molar-refractivity contribution in [3.63, 3.8) is 0 Å². The molecular weight excluding hydrogens is 220 g/mol. The highest BCUT2D eigenvalue weighted by Gasteiger charge is 2.17. The van der Waals surface area contributed by atoms with E-state index in [0.29, 0.717) is 4.34 Å². The lowest BCUT2D eigenvalue weighted by atomic mass is 10.0. The van der Waals surface area contributed by atoms with Crippen LogP contribution in [-0.4, -0.2) is 11.7 Å². The van der Waals surface area contributed by atoms with Gasteiger partial charge in [0.2, 0.25) is 0 Å². The Morgan fingerprint density at radius 2 is 2.36 bits per heavy atom. The van der Waals surface area contributed by atoms with E-state index in [2.05, 4.69) is 0 Å². The largest absolute Gasteiger partial charge is 0.501 e. The number of hydrogen-bond acceptors (Lipinski definition) is 3. The minimum Gasteiger partial charge on any atom is -0.501 e. The van der Waals surface area contributed by atoms with Crippen LogP contribution < -0.4 is 0 Å². The fourth-order valence-corrected chi connectivity index (χ4v) is 2.53. The molecule has 76 valence electrons. The van der Waals surface area contributed by atoms with Crippen molar-refractivity contribution in [1.82, 2.24) is 0 Å². The Morgan fingerprint density at radius 1 is 1.50 bits per heavy atom. The van der Waals surface area contributed by atoms with Crippen LogP contribution in [0.4, 0.5) is 0 Å². The Labute approximate surface area is 91.8 Å². The van der Waals surface area contributed by atoms with Gasteiger partial charge in [-0.05, 0) is 30.5 Å². The van der Waals surface area contributed by atoms with Gasteiger partial charge in [0.25, 0.3) is 0 Å². The lowest BCUT2D eigenvalue weighted by Gasteiger charge is -2.17. The summed E-state index contributed by atoms with van der Waals surface area (Å²) < 4.78 is 5.89. The molecule has 2 rings (SSSR count). The van der Waals surface area contributed by atoms with Crippen molar-refractivity contribution in [2.24, 2.45) is 0 Å². The second kappa shape index (κ2) is 4.34. The smallest absolute Gasteiger partial charge is 0.112 e. The van der Waals surface area contributed by atoms with Crippen LogP contribution in [0.5, 0.6) is 0 Å². The van der Waals surface area contributed by atoms with Gasteiger partial charge in [0.15, 0.2) is 0 Å². The Hall–Kier alpha value is -0.510. The Morgan fingerprint density at radius 3 is 2.93 bits per heavy atom. The zero-order valence-electron chi connectivity index (χ0n) is 7.57. The average Bonchev–Trinajstić information content (AvgIpc) is 2.65. The summed E-state index contributed by atoms with van der Waals surface area (Å²) in [6.45, 7) is 0.751. The number of aliphatic hydroxyl groups excluding tert-OH is 1. The number of hydrogen-bond donors (Lipinski definition) is 1. The first kappa shape index (κ1) is 10.0. The third-order valence-electron chi connectivity index (χ3n) is 2.18. The standard InChI is InChI=1S/C10H11ClO2S/c11-9-4-3-8(14-9)10(12)7-2-1-5-13-6-7/h3-4,6,10,12H,1-2,5H2. The molecule has 0 spiro atoms. The normalized spacial score (nSPS) is 18.6. The van der Waals surface area contributed by atoms with Gasteiger partial charge in [0.1, 0.15) is 6.10 Å². The summed E-state index contributed by atoms with van der Waals surface area (Å²) in [5.74, 6) is 0. The summed E-state index contributed by atoms with van der Waals surface area (Å²) in [6.07, 6.45) is 2.99. The molecule has 1 aliphatic rings. The summed E-state index contributed by atoms with van der Waals surface area (Å²) in [6, 6.07) is 3.65. The molecule has 0 aromatic carbocycles. The molecule has 4 heteroatoms. The quantitative estimate of drug-likeness (QED) is 0.846. The number of halogens is 1. The second-order valence-electron chi connectivity index (χ2n) is 3.21. The molecule has 0 bridgehead atoms. The van der Waals surface area contributed by atoms with Crippen LogP contribution in [0.3, 0.4) is 0 Å². The average molecular weight is 231 g/mol. The van der Waals surface area contributed by atoms with Crippen molar-refractivity contribution in [3.8, 4) is 0 Å². The molecule has 0 saturated heterocycles. The van der Waals surface area contributed by atoms with Gasteiger partial charge in [0, 0.05) is 4.88 Å². The van der Waals surface area contributed by atoms with Crippen molar-refractivity contribution in [2.45, 2.75) is 18.9 Å². The Bertz CT molecular complexity index is 346. The van der Waals surface area contributed by atoms with Crippen molar-refractivity contribution < 1.29 is 9.84 Å². The molecule has 0 amide bonds. The number of rotatable bonds is 2. The first-order valence-corrected chi connectivity index (χ1v) is 5.70. The number of thiophene rings is 1. The zero-order valence-corrected chi connectivity index (χ0v) is 9.14. The summed E-state index contributed by atoms with van der Waals surface area (Å²) in [5, 5.41) is 9.96. The molecule has 1 aromatic rings. The Balaban J connectivity index is 2.14. The molecule has 1 atom stereocenters. The maximum atomic E-state index is 9.96. The topological polar surface area (TPSA) is 29.5 Å². The highest BCUT2D eigenvalue weighted by Crippen LogP contribution is 2.33. The van der Waals surface area contributed by atoms with E-state index >= 15 is 0 Å². The summed E-state index contributed by atoms with van der Waals surface area (Å²) in [4.78, 5) is 0.881. The van der Waals surface area contributed by atoms with E-state index in [1.807, 2.05) is 6.07 Å². The van der Waals surface area contributed by atoms with Gasteiger partial charge < -0.3 is 9.84 Å². The zero-order chi connectivity index (χ0) is 9.97. The van der Waals surface area contributed by atoms with Crippen LogP contribution in [0.2, 0.25) is 4.34 Å². The molecule has 1 unspecified atom stereocenters. The molecule has 1 aliphatic heterocycles. The lowest BCUT2D eigenvalue weighted by molar-refractivity contribution is 0.172. The van der Waals surface area contributed by atoms with E-state index in [1.165, 1.54) is 11.3 Å². The van der Waals surface area contributed by atoms with Crippen LogP contribution in [0.15, 0.2) is 24.0 Å². The fraction of sp³-hybridized carbons (Fsp3) is 0.400. The first-order chi connectivity index (χ1) is 6.77. The monoisotopic (exact) mass is 230 g/mol. The molecule has 0 saturated carbocycles. The van der Waals surface area contributed by atoms with Crippen molar-refractivity contribution in [2.75, 3.05) is 6.61 Å². The predicted octanol–water partition coefficient (Wildman–Crippen LogP) is 3.13. The predicted molar refractivity (Wildman–Crippen MR) is 57.6 cm³/mol. The summed E-state index contributed by atoms with van der Waals surface area (Å²) in [5.41, 5.74) is 0.940. The van der Waals surface area contributed by atoms with Gasteiger partial charge in [-0.2, -0.15) is 0 Å². The molecular formula is C10H11ClO2S.